The summed E-state index contributed by atoms with van der Waals surface area (Å²) >= 11 is 0. The Morgan fingerprint density at radius 1 is 1.21 bits per heavy atom. The first-order chi connectivity index (χ1) is 6.20. The first-order valence-electron chi connectivity index (χ1n) is 4.90. The van der Waals surface area contributed by atoms with Gasteiger partial charge in [0.05, 0.1) is 5.69 Å². The summed E-state index contributed by atoms with van der Waals surface area (Å²) in [6.07, 6.45) is 4.19. The second-order valence-corrected chi connectivity index (χ2v) is 3.42. The van der Waals surface area contributed by atoms with Crippen molar-refractivity contribution in [1.29, 1.82) is 0 Å². The summed E-state index contributed by atoms with van der Waals surface area (Å²) in [7, 11) is 4.18. The van der Waals surface area contributed by atoms with Gasteiger partial charge in [-0.05, 0) is 6.42 Å². The second-order valence-electron chi connectivity index (χ2n) is 3.42. The Morgan fingerprint density at radius 3 is 2.29 bits per heavy atom. The number of aryl methyl sites for hydroxylation is 1. The lowest BCUT2D eigenvalue weighted by Gasteiger charge is -2.15. The van der Waals surface area contributed by atoms with E-state index in [-0.39, 0.29) is 12.4 Å². The molecule has 0 aromatic carbocycles. The van der Waals surface area contributed by atoms with Crippen LogP contribution in [0.1, 0.15) is 25.1 Å². The van der Waals surface area contributed by atoms with E-state index in [1.165, 1.54) is 16.9 Å². The maximum atomic E-state index is 3.31. The molecule has 0 saturated heterocycles. The molecule has 1 heterocycles. The van der Waals surface area contributed by atoms with Crippen LogP contribution < -0.4 is 22.3 Å². The number of hydrogen-bond acceptors (Lipinski definition) is 1. The van der Waals surface area contributed by atoms with Crippen molar-refractivity contribution in [3.8, 4) is 0 Å². The van der Waals surface area contributed by atoms with Crippen molar-refractivity contribution < 1.29 is 17.4 Å². The molecule has 0 aliphatic heterocycles. The van der Waals surface area contributed by atoms with Crippen molar-refractivity contribution in [1.82, 2.24) is 0 Å². The number of rotatable bonds is 3. The Morgan fingerprint density at radius 2 is 1.86 bits per heavy atom. The lowest BCUT2D eigenvalue weighted by atomic mass is 10.1. The number of aromatic nitrogens is 1. The summed E-state index contributed by atoms with van der Waals surface area (Å²) in [5.74, 6) is 0. The zero-order valence-electron chi connectivity index (χ0n) is 9.39. The van der Waals surface area contributed by atoms with Crippen molar-refractivity contribution in [2.75, 3.05) is 19.0 Å². The Kier molecular flexibility index (Phi) is 5.55. The summed E-state index contributed by atoms with van der Waals surface area (Å²) in [6.45, 7) is 4.39. The largest absolute Gasteiger partial charge is 1.00 e. The molecule has 0 unspecified atom stereocenters. The lowest BCUT2D eigenvalue weighted by molar-refractivity contribution is -0.390. The molecule has 0 spiro atoms. The van der Waals surface area contributed by atoms with Gasteiger partial charge in [-0.15, -0.1) is 0 Å². The van der Waals surface area contributed by atoms with E-state index in [4.69, 9.17) is 0 Å². The minimum absolute atomic E-state index is 0. The first-order valence-corrected chi connectivity index (χ1v) is 4.90. The van der Waals surface area contributed by atoms with Crippen LogP contribution >= 0.6 is 0 Å². The van der Waals surface area contributed by atoms with Gasteiger partial charge < -0.3 is 17.3 Å². The molecule has 0 aliphatic carbocycles. The SMILES string of the molecule is CCc1[nH+]ccc(N(C)C)c1CC.[Cl-]. The summed E-state index contributed by atoms with van der Waals surface area (Å²) in [5.41, 5.74) is 4.13. The Labute approximate surface area is 92.8 Å². The highest BCUT2D eigenvalue weighted by atomic mass is 35.5. The van der Waals surface area contributed by atoms with E-state index in [0.29, 0.717) is 0 Å². The predicted octanol–water partition coefficient (Wildman–Crippen LogP) is -1.30. The number of pyridine rings is 1. The minimum atomic E-state index is 0. The van der Waals surface area contributed by atoms with E-state index in [1.54, 1.807) is 0 Å². The van der Waals surface area contributed by atoms with Gasteiger partial charge in [-0.1, -0.05) is 13.8 Å². The first kappa shape index (κ1) is 13.2. The molecule has 0 bridgehead atoms. The number of nitrogens with zero attached hydrogens (tertiary/aromatic N) is 1. The van der Waals surface area contributed by atoms with Gasteiger partial charge in [-0.25, -0.2) is 4.98 Å². The molecule has 3 heteroatoms. The molecule has 2 nitrogen and oxygen atoms in total. The zero-order chi connectivity index (χ0) is 9.84. The summed E-state index contributed by atoms with van der Waals surface area (Å²) in [4.78, 5) is 5.48. The van der Waals surface area contributed by atoms with Gasteiger partial charge in [0.1, 0.15) is 0 Å². The number of nitrogens with one attached hydrogen (secondary N) is 1. The molecule has 0 atom stereocenters. The maximum Gasteiger partial charge on any atom is 0.184 e. The highest BCUT2D eigenvalue weighted by Gasteiger charge is 2.11. The van der Waals surface area contributed by atoms with Crippen molar-refractivity contribution in [3.63, 3.8) is 0 Å². The molecule has 0 fully saturated rings. The Hall–Kier alpha value is -0.760. The van der Waals surface area contributed by atoms with E-state index in [2.05, 4.69) is 43.9 Å². The predicted molar refractivity (Wildman–Crippen MR) is 56.1 cm³/mol. The molecule has 1 N–H and O–H groups in total. The number of anilines is 1. The van der Waals surface area contributed by atoms with Crippen LogP contribution in [0.2, 0.25) is 0 Å². The second kappa shape index (κ2) is 5.86. The molecule has 80 valence electrons. The topological polar surface area (TPSA) is 17.4 Å². The van der Waals surface area contributed by atoms with E-state index in [1.807, 2.05) is 6.20 Å². The van der Waals surface area contributed by atoms with Crippen LogP contribution in [0, 0.1) is 0 Å². The van der Waals surface area contributed by atoms with Gasteiger partial charge in [0, 0.05) is 32.1 Å². The number of hydrogen-bond donors (Lipinski definition) is 0. The van der Waals surface area contributed by atoms with Gasteiger partial charge in [-0.2, -0.15) is 0 Å². The molecule has 0 aliphatic rings. The molecule has 1 aromatic heterocycles. The van der Waals surface area contributed by atoms with Crippen LogP contribution in [-0.2, 0) is 12.8 Å². The maximum absolute atomic E-state index is 3.31. The molecular weight excluding hydrogens is 196 g/mol. The molecule has 0 amide bonds. The smallest absolute Gasteiger partial charge is 0.184 e. The van der Waals surface area contributed by atoms with E-state index in [9.17, 15) is 0 Å². The number of H-pyrrole nitrogens is 1. The minimum Gasteiger partial charge on any atom is -1.00 e. The Bertz CT molecular complexity index is 285. The van der Waals surface area contributed by atoms with E-state index < -0.39 is 0 Å². The van der Waals surface area contributed by atoms with Crippen LogP contribution in [0.5, 0.6) is 0 Å². The third-order valence-corrected chi connectivity index (χ3v) is 2.36. The number of halogens is 1. The van der Waals surface area contributed by atoms with Gasteiger partial charge in [-0.3, -0.25) is 0 Å². The van der Waals surface area contributed by atoms with Crippen LogP contribution in [0.3, 0.4) is 0 Å². The molecule has 14 heavy (non-hydrogen) atoms. The normalized spacial score (nSPS) is 9.43. The van der Waals surface area contributed by atoms with Crippen molar-refractivity contribution in [2.24, 2.45) is 0 Å². The van der Waals surface area contributed by atoms with Crippen molar-refractivity contribution in [3.05, 3.63) is 23.5 Å². The monoisotopic (exact) mass is 214 g/mol. The average Bonchev–Trinajstić information content (AvgIpc) is 2.16. The van der Waals surface area contributed by atoms with Crippen LogP contribution in [0.4, 0.5) is 5.69 Å². The fourth-order valence-electron chi connectivity index (χ4n) is 1.69. The van der Waals surface area contributed by atoms with Crippen LogP contribution in [-0.4, -0.2) is 14.1 Å². The fraction of sp³-hybridized carbons (Fsp3) is 0.545. The molecular formula is C11H19ClN2. The molecule has 0 saturated carbocycles. The lowest BCUT2D eigenvalue weighted by Crippen LogP contribution is -3.00. The molecule has 1 aromatic rings. The molecule has 0 radical (unpaired) electrons. The van der Waals surface area contributed by atoms with Gasteiger partial charge in [0.25, 0.3) is 0 Å². The van der Waals surface area contributed by atoms with Crippen molar-refractivity contribution in [2.45, 2.75) is 26.7 Å². The van der Waals surface area contributed by atoms with E-state index >= 15 is 0 Å². The fourth-order valence-corrected chi connectivity index (χ4v) is 1.69. The third kappa shape index (κ3) is 2.61. The van der Waals surface area contributed by atoms with Gasteiger partial charge >= 0.3 is 0 Å². The highest BCUT2D eigenvalue weighted by molar-refractivity contribution is 5.52. The van der Waals surface area contributed by atoms with E-state index in [0.717, 1.165) is 12.8 Å². The van der Waals surface area contributed by atoms with Gasteiger partial charge in [0.2, 0.25) is 0 Å². The standard InChI is InChI=1S/C11H18N2.ClH/c1-5-9-10(6-2)12-8-7-11(9)13(3)4;/h7-8H,5-6H2,1-4H3;1H. The van der Waals surface area contributed by atoms with Crippen LogP contribution in [0.25, 0.3) is 0 Å². The van der Waals surface area contributed by atoms with Crippen molar-refractivity contribution >= 4 is 5.69 Å². The third-order valence-electron chi connectivity index (χ3n) is 2.36. The summed E-state index contributed by atoms with van der Waals surface area (Å²) in [6, 6.07) is 2.14. The highest BCUT2D eigenvalue weighted by Crippen LogP contribution is 2.19. The van der Waals surface area contributed by atoms with Gasteiger partial charge in [0.15, 0.2) is 11.9 Å². The molecule has 1 rings (SSSR count). The quantitative estimate of drug-likeness (QED) is 0.612. The average molecular weight is 215 g/mol. The summed E-state index contributed by atoms with van der Waals surface area (Å²) in [5, 5.41) is 0. The number of aromatic amines is 1. The Balaban J connectivity index is 0.00000169. The van der Waals surface area contributed by atoms with Crippen LogP contribution in [0.15, 0.2) is 12.3 Å². The summed E-state index contributed by atoms with van der Waals surface area (Å²) < 4.78 is 0. The zero-order valence-corrected chi connectivity index (χ0v) is 10.2.